The number of nitrogens with zero attached hydrogens (tertiary/aromatic N) is 3. The number of imidazole rings is 1. The predicted octanol–water partition coefficient (Wildman–Crippen LogP) is 1.75. The summed E-state index contributed by atoms with van der Waals surface area (Å²) in [5.41, 5.74) is 9.86. The number of carbonyl (C=O) groups excluding carboxylic acids is 2. The van der Waals surface area contributed by atoms with Crippen molar-refractivity contribution in [3.05, 3.63) is 59.4 Å². The normalized spacial score (nSPS) is 14.0. The number of carbonyl (C=O) groups is 2. The molecule has 3 N–H and O–H groups in total. The first-order valence-electron chi connectivity index (χ1n) is 12.9. The summed E-state index contributed by atoms with van der Waals surface area (Å²) in [5, 5.41) is 9.06. The minimum Gasteiger partial charge on any atom is -0.491 e. The quantitative estimate of drug-likeness (QED) is 0.298. The van der Waals surface area contributed by atoms with Gasteiger partial charge in [0.1, 0.15) is 18.9 Å². The van der Waals surface area contributed by atoms with E-state index in [4.69, 9.17) is 15.6 Å². The van der Waals surface area contributed by atoms with Crippen molar-refractivity contribution in [2.24, 2.45) is 5.73 Å². The van der Waals surface area contributed by atoms with Gasteiger partial charge in [0.2, 0.25) is 0 Å². The third-order valence-corrected chi connectivity index (χ3v) is 7.68. The highest BCUT2D eigenvalue weighted by atomic mass is 32.2. The van der Waals surface area contributed by atoms with Gasteiger partial charge in [-0.25, -0.2) is 13.9 Å². The van der Waals surface area contributed by atoms with E-state index in [1.807, 2.05) is 42.5 Å². The van der Waals surface area contributed by atoms with Crippen molar-refractivity contribution < 1.29 is 46.1 Å². The van der Waals surface area contributed by atoms with Gasteiger partial charge in [0.05, 0.1) is 26.8 Å². The van der Waals surface area contributed by atoms with Gasteiger partial charge in [-0.3, -0.25) is 9.00 Å². The fraction of sp³-hybridized carbons (Fsp3) is 0.444. The second kappa shape index (κ2) is 14.4. The standard InChI is InChI=1S/C24H31N4O4S.C3H3F3O2/c1-2-27-22-15-20(32-11-10-29)6-7-21(22)28(23(27)16-25)17-18-4-3-5-19(14-18)24(30)26-8-12-33(31)13-9-26;1-8-2(7)3(4,5)6/h3-7,14-15,29H,2,8-13,16-17,25H2,1H3;1H3/q+1;. The van der Waals surface area contributed by atoms with Crippen LogP contribution < -0.4 is 15.0 Å². The monoisotopic (exact) mass is 599 g/mol. The maximum atomic E-state index is 13.0. The van der Waals surface area contributed by atoms with E-state index in [1.165, 1.54) is 0 Å². The molecule has 224 valence electrons. The van der Waals surface area contributed by atoms with Crippen LogP contribution in [0.3, 0.4) is 0 Å². The van der Waals surface area contributed by atoms with E-state index in [0.717, 1.165) is 29.0 Å². The minimum absolute atomic E-state index is 0.0146. The number of alkyl halides is 3. The van der Waals surface area contributed by atoms with E-state index in [2.05, 4.69) is 20.8 Å². The summed E-state index contributed by atoms with van der Waals surface area (Å²) < 4.78 is 57.9. The summed E-state index contributed by atoms with van der Waals surface area (Å²) in [4.78, 5) is 24.3. The molecule has 0 aliphatic carbocycles. The Kier molecular flexibility index (Phi) is 11.3. The molecule has 10 nitrogen and oxygen atoms in total. The van der Waals surface area contributed by atoms with Gasteiger partial charge in [-0.05, 0) is 36.8 Å². The highest BCUT2D eigenvalue weighted by Crippen LogP contribution is 2.22. The van der Waals surface area contributed by atoms with E-state index in [-0.39, 0.29) is 19.1 Å². The van der Waals surface area contributed by atoms with Gasteiger partial charge in [-0.15, -0.1) is 0 Å². The molecule has 0 bridgehead atoms. The van der Waals surface area contributed by atoms with Crippen molar-refractivity contribution in [2.45, 2.75) is 32.7 Å². The molecule has 0 saturated carbocycles. The smallest absolute Gasteiger partial charge is 0.490 e. The number of hydrogen-bond donors (Lipinski definition) is 2. The lowest BCUT2D eigenvalue weighted by atomic mass is 10.1. The van der Waals surface area contributed by atoms with Crippen LogP contribution in [0.4, 0.5) is 13.2 Å². The summed E-state index contributed by atoms with van der Waals surface area (Å²) in [7, 11) is -0.141. The van der Waals surface area contributed by atoms with Crippen molar-refractivity contribution in [3.63, 3.8) is 0 Å². The van der Waals surface area contributed by atoms with Crippen molar-refractivity contribution >= 4 is 33.7 Å². The zero-order chi connectivity index (χ0) is 30.2. The van der Waals surface area contributed by atoms with Gasteiger partial charge >= 0.3 is 12.1 Å². The van der Waals surface area contributed by atoms with Crippen LogP contribution in [-0.4, -0.2) is 81.8 Å². The lowest BCUT2D eigenvalue weighted by Crippen LogP contribution is -2.42. The third-order valence-electron chi connectivity index (χ3n) is 6.41. The number of nitrogens with two attached hydrogens (primary N) is 1. The summed E-state index contributed by atoms with van der Waals surface area (Å²) in [5.74, 6) is 0.594. The number of methoxy groups -OCH3 is 1. The second-order valence-electron chi connectivity index (χ2n) is 9.00. The number of benzene rings is 2. The summed E-state index contributed by atoms with van der Waals surface area (Å²) >= 11 is 0. The topological polar surface area (TPSA) is 128 Å². The lowest BCUT2D eigenvalue weighted by molar-refractivity contribution is -0.671. The Morgan fingerprint density at radius 3 is 2.41 bits per heavy atom. The molecule has 1 saturated heterocycles. The van der Waals surface area contributed by atoms with Crippen molar-refractivity contribution in [1.82, 2.24) is 9.47 Å². The second-order valence-corrected chi connectivity index (χ2v) is 10.7. The van der Waals surface area contributed by atoms with Crippen LogP contribution in [0.25, 0.3) is 11.0 Å². The van der Waals surface area contributed by atoms with E-state index < -0.39 is 22.9 Å². The first-order chi connectivity index (χ1) is 19.5. The number of aromatic nitrogens is 2. The molecule has 1 aliphatic rings. The molecular formula is C27H34F3N4O6S+. The Labute approximate surface area is 237 Å². The molecule has 4 rings (SSSR count). The highest BCUT2D eigenvalue weighted by molar-refractivity contribution is 7.85. The number of amides is 1. The molecule has 0 atom stereocenters. The fourth-order valence-corrected chi connectivity index (χ4v) is 5.55. The number of aryl methyl sites for hydroxylation is 1. The summed E-state index contributed by atoms with van der Waals surface area (Å²) in [6.45, 7) is 5.07. The molecular weight excluding hydrogens is 565 g/mol. The van der Waals surface area contributed by atoms with E-state index in [1.54, 1.807) is 4.90 Å². The molecule has 2 aromatic carbocycles. The van der Waals surface area contributed by atoms with Crippen molar-refractivity contribution in [2.75, 3.05) is 44.9 Å². The number of esters is 1. The molecule has 14 heteroatoms. The zero-order valence-corrected chi connectivity index (χ0v) is 23.7. The zero-order valence-electron chi connectivity index (χ0n) is 22.9. The first-order valence-corrected chi connectivity index (χ1v) is 14.4. The maximum absolute atomic E-state index is 13.0. The molecule has 1 aromatic heterocycles. The molecule has 0 spiro atoms. The van der Waals surface area contributed by atoms with Crippen molar-refractivity contribution in [1.29, 1.82) is 0 Å². The van der Waals surface area contributed by atoms with Crippen LogP contribution >= 0.6 is 0 Å². The summed E-state index contributed by atoms with van der Waals surface area (Å²) in [6.07, 6.45) is -4.85. The Morgan fingerprint density at radius 1 is 1.15 bits per heavy atom. The van der Waals surface area contributed by atoms with Crippen LogP contribution in [0.1, 0.15) is 28.7 Å². The Hall–Kier alpha value is -3.49. The van der Waals surface area contributed by atoms with Crippen molar-refractivity contribution in [3.8, 4) is 5.75 Å². The molecule has 1 aliphatic heterocycles. The predicted molar refractivity (Wildman–Crippen MR) is 146 cm³/mol. The summed E-state index contributed by atoms with van der Waals surface area (Å²) in [6, 6.07) is 13.6. The first kappa shape index (κ1) is 32.0. The average Bonchev–Trinajstić information content (AvgIpc) is 3.26. The highest BCUT2D eigenvalue weighted by Gasteiger charge is 2.40. The SMILES string of the molecule is CCn1c(CN)[n+](Cc2cccc(C(=O)N3CCS(=O)CC3)c2)c2ccc(OCCO)cc21.COC(=O)C(F)(F)F. The largest absolute Gasteiger partial charge is 0.491 e. The Morgan fingerprint density at radius 2 is 1.85 bits per heavy atom. The molecule has 1 amide bonds. The van der Waals surface area contributed by atoms with Gasteiger partial charge in [-0.2, -0.15) is 13.2 Å². The number of halogens is 3. The van der Waals surface area contributed by atoms with Crippen LogP contribution in [0.2, 0.25) is 0 Å². The maximum Gasteiger partial charge on any atom is 0.490 e. The van der Waals surface area contributed by atoms with E-state index in [0.29, 0.717) is 56.1 Å². The third kappa shape index (κ3) is 8.05. The van der Waals surface area contributed by atoms with Gasteiger partial charge in [-0.1, -0.05) is 12.1 Å². The molecule has 0 radical (unpaired) electrons. The van der Waals surface area contributed by atoms with Gasteiger partial charge in [0.15, 0.2) is 11.0 Å². The fourth-order valence-electron chi connectivity index (χ4n) is 4.50. The number of ether oxygens (including phenoxy) is 2. The number of aliphatic hydroxyl groups is 1. The van der Waals surface area contributed by atoms with Crippen LogP contribution in [-0.2, 0) is 40.0 Å². The molecule has 2 heterocycles. The molecule has 3 aromatic rings. The van der Waals surface area contributed by atoms with Gasteiger partial charge in [0, 0.05) is 47.0 Å². The van der Waals surface area contributed by atoms with E-state index in [9.17, 15) is 27.0 Å². The van der Waals surface area contributed by atoms with Gasteiger partial charge < -0.3 is 25.2 Å². The van der Waals surface area contributed by atoms with Gasteiger partial charge in [0.25, 0.3) is 11.7 Å². The number of fused-ring (bicyclic) bond motifs is 1. The van der Waals surface area contributed by atoms with Crippen LogP contribution in [0, 0.1) is 0 Å². The average molecular weight is 600 g/mol. The number of aliphatic hydroxyl groups excluding tert-OH is 1. The Balaban J connectivity index is 0.000000507. The number of rotatable bonds is 8. The lowest BCUT2D eigenvalue weighted by Gasteiger charge is -2.26. The molecule has 1 fully saturated rings. The number of hydrogen-bond acceptors (Lipinski definition) is 7. The molecule has 41 heavy (non-hydrogen) atoms. The minimum atomic E-state index is -4.85. The van der Waals surface area contributed by atoms with Crippen LogP contribution in [0.15, 0.2) is 42.5 Å². The van der Waals surface area contributed by atoms with E-state index >= 15 is 0 Å². The Bertz CT molecular complexity index is 1390. The molecule has 0 unspecified atom stereocenters. The van der Waals surface area contributed by atoms with Crippen LogP contribution in [0.5, 0.6) is 5.75 Å².